The Morgan fingerprint density at radius 1 is 1.33 bits per heavy atom. The van der Waals surface area contributed by atoms with Crippen LogP contribution in [0.4, 0.5) is 0 Å². The van der Waals surface area contributed by atoms with Gasteiger partial charge in [-0.15, -0.1) is 11.3 Å². The van der Waals surface area contributed by atoms with Gasteiger partial charge in [-0.25, -0.2) is 14.8 Å². The first-order valence-electron chi connectivity index (χ1n) is 7.63. The molecule has 0 aliphatic carbocycles. The molecule has 0 radical (unpaired) electrons. The standard InChI is InChI=1S/C14H18BN5O3S/c1-8-6-16-9(24-8)7-20-10-11(17-13(20)15)18(2)14(23)19(12(10)22)4-3-5-21/h6,21H,3-5,7,15H2,1-2H3. The third-order valence-corrected chi connectivity index (χ3v) is 4.82. The first kappa shape index (κ1) is 16.7. The minimum atomic E-state index is -0.421. The van der Waals surface area contributed by atoms with Gasteiger partial charge in [0.1, 0.15) is 5.01 Å². The van der Waals surface area contributed by atoms with Crippen molar-refractivity contribution in [1.82, 2.24) is 23.7 Å². The quantitative estimate of drug-likeness (QED) is 0.558. The van der Waals surface area contributed by atoms with E-state index in [1.807, 2.05) is 14.8 Å². The number of imidazole rings is 1. The number of rotatable bonds is 5. The largest absolute Gasteiger partial charge is 0.396 e. The molecule has 0 fully saturated rings. The van der Waals surface area contributed by atoms with E-state index in [1.54, 1.807) is 29.1 Å². The SMILES string of the molecule is Bc1nc2c(c(=O)n(CCCO)c(=O)n2C)n1Cc1ncc(C)s1. The molecule has 0 unspecified atom stereocenters. The van der Waals surface area contributed by atoms with E-state index in [-0.39, 0.29) is 18.7 Å². The van der Waals surface area contributed by atoms with E-state index in [2.05, 4.69) is 9.97 Å². The number of aliphatic hydroxyl groups is 1. The summed E-state index contributed by atoms with van der Waals surface area (Å²) in [6.07, 6.45) is 2.14. The zero-order chi connectivity index (χ0) is 17.4. The first-order chi connectivity index (χ1) is 11.4. The van der Waals surface area contributed by atoms with E-state index in [0.717, 1.165) is 14.5 Å². The smallest absolute Gasteiger partial charge is 0.332 e. The summed E-state index contributed by atoms with van der Waals surface area (Å²) in [4.78, 5) is 35.0. The second-order valence-electron chi connectivity index (χ2n) is 5.66. The summed E-state index contributed by atoms with van der Waals surface area (Å²) in [7, 11) is 3.41. The number of aliphatic hydroxyl groups excluding tert-OH is 1. The third-order valence-electron chi connectivity index (χ3n) is 3.93. The Hall–Kier alpha value is -2.20. The average Bonchev–Trinajstić information content (AvgIpc) is 3.10. The molecule has 24 heavy (non-hydrogen) atoms. The molecule has 3 aromatic rings. The minimum absolute atomic E-state index is 0.0791. The van der Waals surface area contributed by atoms with Crippen LogP contribution < -0.4 is 17.0 Å². The lowest BCUT2D eigenvalue weighted by atomic mass is 10.1. The van der Waals surface area contributed by atoms with Gasteiger partial charge in [0.15, 0.2) is 19.0 Å². The maximum Gasteiger partial charge on any atom is 0.332 e. The van der Waals surface area contributed by atoms with Crippen molar-refractivity contribution < 1.29 is 5.11 Å². The van der Waals surface area contributed by atoms with Crippen molar-refractivity contribution in [3.63, 3.8) is 0 Å². The second-order valence-corrected chi connectivity index (χ2v) is 6.98. The number of hydrogen-bond acceptors (Lipinski definition) is 6. The molecule has 0 aliphatic heterocycles. The van der Waals surface area contributed by atoms with Gasteiger partial charge in [0.2, 0.25) is 0 Å². The van der Waals surface area contributed by atoms with Crippen LogP contribution in [0, 0.1) is 6.92 Å². The Bertz CT molecular complexity index is 1020. The van der Waals surface area contributed by atoms with Crippen LogP contribution in [0.2, 0.25) is 0 Å². The van der Waals surface area contributed by atoms with E-state index in [1.165, 1.54) is 4.57 Å². The van der Waals surface area contributed by atoms with E-state index in [4.69, 9.17) is 5.11 Å². The normalized spacial score (nSPS) is 11.5. The molecule has 0 saturated carbocycles. The van der Waals surface area contributed by atoms with Crippen molar-refractivity contribution in [2.75, 3.05) is 6.61 Å². The van der Waals surface area contributed by atoms with E-state index in [9.17, 15) is 9.59 Å². The maximum atomic E-state index is 12.8. The minimum Gasteiger partial charge on any atom is -0.396 e. The highest BCUT2D eigenvalue weighted by molar-refractivity contribution is 7.11. The number of aromatic nitrogens is 5. The lowest BCUT2D eigenvalue weighted by Gasteiger charge is -2.09. The Morgan fingerprint density at radius 3 is 2.71 bits per heavy atom. The van der Waals surface area contributed by atoms with Crippen LogP contribution in [-0.2, 0) is 20.1 Å². The number of hydrogen-bond donors (Lipinski definition) is 1. The fraction of sp³-hybridized carbons (Fsp3) is 0.429. The van der Waals surface area contributed by atoms with E-state index >= 15 is 0 Å². The third kappa shape index (κ3) is 2.71. The molecule has 1 N–H and O–H groups in total. The summed E-state index contributed by atoms with van der Waals surface area (Å²) >= 11 is 1.56. The molecule has 0 aliphatic rings. The Labute approximate surface area is 142 Å². The van der Waals surface area contributed by atoms with Crippen molar-refractivity contribution in [3.8, 4) is 0 Å². The summed E-state index contributed by atoms with van der Waals surface area (Å²) in [5.74, 6) is 0. The van der Waals surface area contributed by atoms with Crippen LogP contribution in [-0.4, -0.2) is 43.2 Å². The predicted molar refractivity (Wildman–Crippen MR) is 95.1 cm³/mol. The van der Waals surface area contributed by atoms with Crippen molar-refractivity contribution in [3.05, 3.63) is 36.9 Å². The molecule has 3 heterocycles. The van der Waals surface area contributed by atoms with Gasteiger partial charge in [0.25, 0.3) is 5.56 Å². The zero-order valence-electron chi connectivity index (χ0n) is 13.8. The molecule has 8 nitrogen and oxygen atoms in total. The average molecular weight is 347 g/mol. The molecule has 10 heteroatoms. The van der Waals surface area contributed by atoms with Gasteiger partial charge in [0.05, 0.1) is 12.3 Å². The molecule has 0 aromatic carbocycles. The van der Waals surface area contributed by atoms with Crippen LogP contribution in [0.25, 0.3) is 11.2 Å². The van der Waals surface area contributed by atoms with Crippen LogP contribution in [0.1, 0.15) is 16.3 Å². The van der Waals surface area contributed by atoms with Gasteiger partial charge in [-0.05, 0) is 13.3 Å². The van der Waals surface area contributed by atoms with Crippen LogP contribution in [0.15, 0.2) is 15.8 Å². The first-order valence-corrected chi connectivity index (χ1v) is 8.44. The molecule has 0 amide bonds. The fourth-order valence-corrected chi connectivity index (χ4v) is 3.49. The van der Waals surface area contributed by atoms with E-state index in [0.29, 0.717) is 29.9 Å². The highest BCUT2D eigenvalue weighted by atomic mass is 32.1. The Balaban J connectivity index is 2.23. The topological polar surface area (TPSA) is 94.9 Å². The molecule has 0 atom stereocenters. The number of nitrogens with zero attached hydrogens (tertiary/aromatic N) is 5. The molecular weight excluding hydrogens is 329 g/mol. The highest BCUT2D eigenvalue weighted by Crippen LogP contribution is 2.14. The lowest BCUT2D eigenvalue weighted by molar-refractivity contribution is 0.277. The number of fused-ring (bicyclic) bond motifs is 1. The van der Waals surface area contributed by atoms with E-state index < -0.39 is 5.69 Å². The molecular formula is C14H18BN5O3S. The van der Waals surface area contributed by atoms with Crippen LogP contribution >= 0.6 is 11.3 Å². The van der Waals surface area contributed by atoms with Crippen molar-refractivity contribution in [2.24, 2.45) is 7.05 Å². The molecule has 3 aromatic heterocycles. The van der Waals surface area contributed by atoms with Gasteiger partial charge in [-0.2, -0.15) is 0 Å². The zero-order valence-corrected chi connectivity index (χ0v) is 14.6. The fourth-order valence-electron chi connectivity index (χ4n) is 2.71. The highest BCUT2D eigenvalue weighted by Gasteiger charge is 2.19. The number of thiazole rings is 1. The summed E-state index contributed by atoms with van der Waals surface area (Å²) in [5.41, 5.74) is 0.618. The molecule has 3 rings (SSSR count). The summed E-state index contributed by atoms with van der Waals surface area (Å²) < 4.78 is 4.33. The van der Waals surface area contributed by atoms with Gasteiger partial charge >= 0.3 is 5.69 Å². The Morgan fingerprint density at radius 2 is 2.08 bits per heavy atom. The summed E-state index contributed by atoms with van der Waals surface area (Å²) in [6, 6.07) is 0. The maximum absolute atomic E-state index is 12.8. The molecule has 0 saturated heterocycles. The second kappa shape index (κ2) is 6.37. The number of aryl methyl sites for hydroxylation is 2. The van der Waals surface area contributed by atoms with Gasteiger partial charge in [-0.3, -0.25) is 13.9 Å². The summed E-state index contributed by atoms with van der Waals surface area (Å²) in [6.45, 7) is 2.52. The Kier molecular flexibility index (Phi) is 4.42. The predicted octanol–water partition coefficient (Wildman–Crippen LogP) is -1.65. The lowest BCUT2D eigenvalue weighted by Crippen LogP contribution is -2.40. The van der Waals surface area contributed by atoms with Crippen molar-refractivity contribution in [2.45, 2.75) is 26.4 Å². The molecule has 0 bridgehead atoms. The summed E-state index contributed by atoms with van der Waals surface area (Å²) in [5, 5.41) is 9.88. The van der Waals surface area contributed by atoms with Crippen LogP contribution in [0.5, 0.6) is 0 Å². The van der Waals surface area contributed by atoms with Crippen LogP contribution in [0.3, 0.4) is 0 Å². The van der Waals surface area contributed by atoms with Gasteiger partial charge in [-0.1, -0.05) is 0 Å². The molecule has 126 valence electrons. The van der Waals surface area contributed by atoms with Gasteiger partial charge in [0, 0.05) is 31.3 Å². The van der Waals surface area contributed by atoms with Crippen molar-refractivity contribution in [1.29, 1.82) is 0 Å². The monoisotopic (exact) mass is 347 g/mol. The molecule has 0 spiro atoms. The van der Waals surface area contributed by atoms with Gasteiger partial charge < -0.3 is 9.67 Å². The van der Waals surface area contributed by atoms with Crippen molar-refractivity contribution >= 4 is 36.1 Å².